The molecule has 8 atom stereocenters. The highest BCUT2D eigenvalue weighted by atomic mass is 16.6. The predicted molar refractivity (Wildman–Crippen MR) is 267 cm³/mol. The Kier molecular flexibility index (Phi) is 10.8. The Morgan fingerprint density at radius 1 is 0.653 bits per heavy atom. The van der Waals surface area contributed by atoms with E-state index in [1.165, 1.54) is 45.6 Å². The smallest absolute Gasteiger partial charge is 0.315 e. The van der Waals surface area contributed by atoms with Gasteiger partial charge in [-0.15, -0.1) is 0 Å². The molecular formula is C59H62N2O14. The van der Waals surface area contributed by atoms with Gasteiger partial charge in [0.15, 0.2) is 34.9 Å². The van der Waals surface area contributed by atoms with E-state index in [2.05, 4.69) is 9.80 Å². The van der Waals surface area contributed by atoms with Crippen molar-refractivity contribution in [1.82, 2.24) is 9.80 Å². The molecule has 0 radical (unpaired) electrons. The van der Waals surface area contributed by atoms with E-state index in [1.807, 2.05) is 12.1 Å². The van der Waals surface area contributed by atoms with Crippen LogP contribution in [0.5, 0.6) is 34.5 Å². The number of carbonyl (C=O) groups is 5. The second-order valence-electron chi connectivity index (χ2n) is 23.5. The van der Waals surface area contributed by atoms with Gasteiger partial charge in [0.05, 0.1) is 41.5 Å². The number of aliphatic hydroxyl groups is 2. The summed E-state index contributed by atoms with van der Waals surface area (Å²) in [6.45, 7) is 6.79. The van der Waals surface area contributed by atoms with Crippen LogP contribution in [0.3, 0.4) is 0 Å². The minimum atomic E-state index is -1.19. The average Bonchev–Trinajstić information content (AvgIpc) is 4.50. The summed E-state index contributed by atoms with van der Waals surface area (Å²) in [6, 6.07) is 13.4. The standard InChI is InChI=1S/C59H62N2O14/c1-31(62)70-39-20-37(24-49(65)72-44-10-8-35-22-46-58(67)13-3-19-69-30-48-56(58,51(35)53(44)74-48)15-17-60(46)28-33-4-5-33)41-26-40(71-32(2)63)21-38(42(41)27-39)25-50(66)73-45-11-9-36-23-47-59(68)14-12-43(64)55-57(59,52(36)54(45)75-55)16-18-61(47)29-34-6-7-34/h8-11,20-21,26-27,33-34,46-48,55,67-68H,3-7,12-19,22-25,28-30H2,1-2H3/t46-,47-,48+,55+,56-,57+,58-,59-/m1/s1. The molecule has 4 bridgehead atoms. The molecule has 2 spiro atoms. The van der Waals surface area contributed by atoms with E-state index in [9.17, 15) is 34.2 Å². The molecule has 4 aromatic carbocycles. The number of benzene rings is 4. The molecule has 16 heteroatoms. The monoisotopic (exact) mass is 1020 g/mol. The fourth-order valence-electron chi connectivity index (χ4n) is 15.8. The van der Waals surface area contributed by atoms with Gasteiger partial charge in [-0.2, -0.15) is 0 Å². The van der Waals surface area contributed by atoms with Crippen molar-refractivity contribution in [2.24, 2.45) is 11.8 Å². The number of hydrogen-bond acceptors (Lipinski definition) is 16. The summed E-state index contributed by atoms with van der Waals surface area (Å²) in [4.78, 5) is 72.5. The van der Waals surface area contributed by atoms with E-state index in [0.29, 0.717) is 97.0 Å². The normalized spacial score (nSPS) is 31.8. The lowest BCUT2D eigenvalue weighted by atomic mass is 9.49. The van der Waals surface area contributed by atoms with Gasteiger partial charge >= 0.3 is 23.9 Å². The first-order valence-electron chi connectivity index (χ1n) is 27.2. The first-order valence-corrected chi connectivity index (χ1v) is 27.2. The molecule has 3 saturated carbocycles. The van der Waals surface area contributed by atoms with Crippen molar-refractivity contribution in [3.05, 3.63) is 81.9 Å². The molecule has 75 heavy (non-hydrogen) atoms. The maximum Gasteiger partial charge on any atom is 0.315 e. The minimum absolute atomic E-state index is 0.0680. The second kappa shape index (κ2) is 17.0. The number of hydrogen-bond donors (Lipinski definition) is 2. The van der Waals surface area contributed by atoms with Crippen LogP contribution in [0.1, 0.15) is 111 Å². The Hall–Kier alpha value is -5.91. The molecule has 2 N–H and O–H groups in total. The number of rotatable bonds is 12. The van der Waals surface area contributed by atoms with Crippen LogP contribution < -0.4 is 28.4 Å². The Morgan fingerprint density at radius 3 is 1.72 bits per heavy atom. The zero-order chi connectivity index (χ0) is 51.3. The Bertz CT molecular complexity index is 3170. The fourth-order valence-corrected chi connectivity index (χ4v) is 15.8. The summed E-state index contributed by atoms with van der Waals surface area (Å²) < 4.78 is 43.2. The lowest BCUT2D eigenvalue weighted by Crippen LogP contribution is -2.76. The van der Waals surface area contributed by atoms with Gasteiger partial charge in [-0.25, -0.2) is 0 Å². The third-order valence-corrected chi connectivity index (χ3v) is 19.1. The van der Waals surface area contributed by atoms with Gasteiger partial charge in [0.1, 0.15) is 17.6 Å². The van der Waals surface area contributed by atoms with Crippen LogP contribution in [-0.4, -0.2) is 125 Å². The molecule has 10 aliphatic rings. The van der Waals surface area contributed by atoms with Gasteiger partial charge in [0.25, 0.3) is 0 Å². The van der Waals surface area contributed by atoms with Crippen LogP contribution >= 0.6 is 0 Å². The number of piperidine rings is 2. The molecule has 5 heterocycles. The van der Waals surface area contributed by atoms with Gasteiger partial charge in [-0.1, -0.05) is 12.1 Å². The van der Waals surface area contributed by atoms with Crippen molar-refractivity contribution >= 4 is 40.4 Å². The molecule has 0 amide bonds. The van der Waals surface area contributed by atoms with Crippen molar-refractivity contribution in [1.29, 1.82) is 0 Å². The molecule has 4 aromatic rings. The summed E-state index contributed by atoms with van der Waals surface area (Å²) in [5, 5.41) is 26.7. The topological polar surface area (TPSA) is 197 Å². The third kappa shape index (κ3) is 7.21. The van der Waals surface area contributed by atoms with Gasteiger partial charge in [-0.05, 0) is 165 Å². The largest absolute Gasteiger partial charge is 0.483 e. The summed E-state index contributed by atoms with van der Waals surface area (Å²) >= 11 is 0. The predicted octanol–water partition coefficient (Wildman–Crippen LogP) is 5.70. The van der Waals surface area contributed by atoms with Crippen LogP contribution in [0, 0.1) is 11.8 Å². The first-order chi connectivity index (χ1) is 36.2. The molecule has 5 aliphatic heterocycles. The van der Waals surface area contributed by atoms with Crippen LogP contribution in [-0.2, 0) is 65.2 Å². The summed E-state index contributed by atoms with van der Waals surface area (Å²) in [6.07, 6.45) is 7.04. The Morgan fingerprint density at radius 2 is 1.17 bits per heavy atom. The zero-order valence-corrected chi connectivity index (χ0v) is 42.4. The lowest BCUT2D eigenvalue weighted by Gasteiger charge is -2.62. The van der Waals surface area contributed by atoms with Crippen LogP contribution in [0.25, 0.3) is 10.8 Å². The number of ketones is 1. The number of nitrogens with zero attached hydrogens (tertiary/aromatic N) is 2. The number of esters is 4. The van der Waals surface area contributed by atoms with Crippen LogP contribution in [0.15, 0.2) is 48.5 Å². The molecule has 3 saturated heterocycles. The molecule has 6 fully saturated rings. The van der Waals surface area contributed by atoms with Crippen molar-refractivity contribution < 1.29 is 67.3 Å². The maximum absolute atomic E-state index is 14.4. The highest BCUT2D eigenvalue weighted by Gasteiger charge is 2.74. The van der Waals surface area contributed by atoms with Crippen molar-refractivity contribution in [2.45, 2.75) is 150 Å². The summed E-state index contributed by atoms with van der Waals surface area (Å²) in [5.74, 6) is -0.0259. The van der Waals surface area contributed by atoms with Gasteiger partial charge in [0, 0.05) is 63.2 Å². The van der Waals surface area contributed by atoms with Crippen LogP contribution in [0.2, 0.25) is 0 Å². The summed E-state index contributed by atoms with van der Waals surface area (Å²) in [5.41, 5.74) is 0.455. The van der Waals surface area contributed by atoms with Crippen molar-refractivity contribution in [3.63, 3.8) is 0 Å². The zero-order valence-electron chi connectivity index (χ0n) is 42.4. The number of Topliss-reactive ketones (excluding diaryl/α,β-unsaturated/α-hetero) is 1. The van der Waals surface area contributed by atoms with E-state index in [4.69, 9.17) is 33.2 Å². The lowest BCUT2D eigenvalue weighted by molar-refractivity contribution is -0.188. The highest BCUT2D eigenvalue weighted by Crippen LogP contribution is 2.66. The van der Waals surface area contributed by atoms with E-state index in [1.54, 1.807) is 30.3 Å². The fraction of sp³-hybridized carbons (Fsp3) is 0.542. The van der Waals surface area contributed by atoms with Gasteiger partial charge < -0.3 is 43.4 Å². The van der Waals surface area contributed by atoms with Gasteiger partial charge in [-0.3, -0.25) is 33.8 Å². The average molecular weight is 1020 g/mol. The number of carbonyl (C=O) groups excluding carboxylic acids is 5. The Balaban J connectivity index is 0.779. The number of likely N-dealkylation sites (tertiary alicyclic amines) is 2. The molecule has 16 nitrogen and oxygen atoms in total. The maximum atomic E-state index is 14.4. The number of fused-ring (bicyclic) bond motifs is 1. The van der Waals surface area contributed by atoms with Gasteiger partial charge in [0.2, 0.25) is 0 Å². The van der Waals surface area contributed by atoms with E-state index in [0.717, 1.165) is 54.9 Å². The molecular weight excluding hydrogens is 961 g/mol. The second-order valence-corrected chi connectivity index (χ2v) is 23.5. The van der Waals surface area contributed by atoms with E-state index >= 15 is 0 Å². The van der Waals surface area contributed by atoms with Crippen LogP contribution in [0.4, 0.5) is 0 Å². The van der Waals surface area contributed by atoms with Crippen molar-refractivity contribution in [3.8, 4) is 34.5 Å². The first kappa shape index (κ1) is 47.5. The molecule has 392 valence electrons. The van der Waals surface area contributed by atoms with E-state index in [-0.39, 0.29) is 60.1 Å². The molecule has 14 rings (SSSR count). The Labute approximate surface area is 433 Å². The third-order valence-electron chi connectivity index (χ3n) is 19.1. The molecule has 5 aliphatic carbocycles. The SMILES string of the molecule is CC(=O)Oc1cc(CC(=O)Oc2ccc3c4c2O[C@H]2C(=O)CC[C@@]5(O)[C@@H](C3)N(CC3CC3)CC[C@]425)c2cc(OC(C)=O)cc(CC(=O)Oc3ccc4c5c3O[C@H]3COCCC[C@@]6(O)[C@@H](C4)N(CC4CC4)CC[C@]536)c2c1. The molecule has 0 unspecified atom stereocenters. The minimum Gasteiger partial charge on any atom is -0.483 e. The van der Waals surface area contributed by atoms with Crippen molar-refractivity contribution in [2.75, 3.05) is 39.4 Å². The summed E-state index contributed by atoms with van der Waals surface area (Å²) in [7, 11) is 0. The highest BCUT2D eigenvalue weighted by molar-refractivity contribution is 5.97. The molecule has 0 aromatic heterocycles. The number of ether oxygens (including phenoxy) is 7. The quantitative estimate of drug-likeness (QED) is 0.129. The van der Waals surface area contributed by atoms with E-state index < -0.39 is 58.1 Å².